The number of benzene rings is 2. The molecule has 1 N–H and O–H groups in total. The molecular weight excluding hydrogens is 320 g/mol. The molecule has 0 aliphatic carbocycles. The molecule has 7 nitrogen and oxygen atoms in total. The average Bonchev–Trinajstić information content (AvgIpc) is 3.13. The second-order valence-corrected chi connectivity index (χ2v) is 5.40. The molecule has 0 fully saturated rings. The Labute approximate surface area is 145 Å². The molecule has 128 valence electrons. The van der Waals surface area contributed by atoms with Crippen molar-refractivity contribution in [1.82, 2.24) is 15.0 Å². The van der Waals surface area contributed by atoms with Gasteiger partial charge < -0.3 is 14.8 Å². The van der Waals surface area contributed by atoms with Gasteiger partial charge in [0.05, 0.1) is 31.8 Å². The summed E-state index contributed by atoms with van der Waals surface area (Å²) >= 11 is 0. The zero-order chi connectivity index (χ0) is 17.8. The minimum atomic E-state index is -0.373. The molecule has 0 radical (unpaired) electrons. The van der Waals surface area contributed by atoms with Crippen molar-refractivity contribution in [3.8, 4) is 17.2 Å². The van der Waals surface area contributed by atoms with Crippen molar-refractivity contribution in [1.29, 1.82) is 0 Å². The zero-order valence-corrected chi connectivity index (χ0v) is 14.2. The van der Waals surface area contributed by atoms with Crippen molar-refractivity contribution < 1.29 is 14.3 Å². The summed E-state index contributed by atoms with van der Waals surface area (Å²) in [6, 6.07) is 12.9. The topological polar surface area (TPSA) is 78.3 Å². The summed E-state index contributed by atoms with van der Waals surface area (Å²) in [6.45, 7) is 2.01. The molecule has 0 atom stereocenters. The van der Waals surface area contributed by atoms with Crippen molar-refractivity contribution in [2.75, 3.05) is 19.5 Å². The minimum absolute atomic E-state index is 0.207. The van der Waals surface area contributed by atoms with Crippen LogP contribution in [0.3, 0.4) is 0 Å². The second-order valence-electron chi connectivity index (χ2n) is 5.40. The molecule has 0 aliphatic heterocycles. The van der Waals surface area contributed by atoms with E-state index in [1.165, 1.54) is 7.11 Å². The van der Waals surface area contributed by atoms with Crippen LogP contribution >= 0.6 is 0 Å². The lowest BCUT2D eigenvalue weighted by atomic mass is 10.2. The van der Waals surface area contributed by atoms with Crippen molar-refractivity contribution in [2.24, 2.45) is 0 Å². The van der Waals surface area contributed by atoms with Crippen molar-refractivity contribution >= 4 is 11.6 Å². The van der Waals surface area contributed by atoms with Crippen LogP contribution in [0.15, 0.2) is 48.7 Å². The first-order chi connectivity index (χ1) is 12.1. The number of amides is 1. The zero-order valence-electron chi connectivity index (χ0n) is 14.2. The highest BCUT2D eigenvalue weighted by atomic mass is 16.5. The average molecular weight is 338 g/mol. The Morgan fingerprint density at radius 1 is 1.08 bits per heavy atom. The molecule has 25 heavy (non-hydrogen) atoms. The summed E-state index contributed by atoms with van der Waals surface area (Å²) < 4.78 is 12.0. The second kappa shape index (κ2) is 7.04. The summed E-state index contributed by atoms with van der Waals surface area (Å²) in [5, 5.41) is 10.7. The third-order valence-electron chi connectivity index (χ3n) is 3.68. The lowest BCUT2D eigenvalue weighted by molar-refractivity contribution is 0.102. The number of ether oxygens (including phenoxy) is 2. The highest BCUT2D eigenvalue weighted by molar-refractivity contribution is 6.03. The van der Waals surface area contributed by atoms with Crippen molar-refractivity contribution in [3.63, 3.8) is 0 Å². The predicted molar refractivity (Wildman–Crippen MR) is 93.6 cm³/mol. The number of carbonyl (C=O) groups is 1. The molecule has 2 aromatic carbocycles. The van der Waals surface area contributed by atoms with Gasteiger partial charge in [-0.3, -0.25) is 4.79 Å². The number of nitrogens with one attached hydrogen (secondary N) is 1. The highest BCUT2D eigenvalue weighted by Gasteiger charge is 2.14. The number of carbonyl (C=O) groups excluding carboxylic acids is 1. The molecule has 0 spiro atoms. The summed E-state index contributed by atoms with van der Waals surface area (Å²) in [7, 11) is 3.09. The fourth-order valence-electron chi connectivity index (χ4n) is 2.28. The van der Waals surface area contributed by atoms with Crippen LogP contribution in [0.2, 0.25) is 0 Å². The Morgan fingerprint density at radius 3 is 2.52 bits per heavy atom. The van der Waals surface area contributed by atoms with E-state index in [-0.39, 0.29) is 11.6 Å². The van der Waals surface area contributed by atoms with Crippen molar-refractivity contribution in [2.45, 2.75) is 6.92 Å². The van der Waals surface area contributed by atoms with Gasteiger partial charge in [0, 0.05) is 6.07 Å². The molecule has 0 aliphatic rings. The van der Waals surface area contributed by atoms with E-state index in [9.17, 15) is 4.79 Å². The van der Waals surface area contributed by atoms with Crippen LogP contribution in [-0.4, -0.2) is 35.1 Å². The number of methoxy groups -OCH3 is 2. The molecular formula is C18H18N4O3. The van der Waals surface area contributed by atoms with Gasteiger partial charge in [0.15, 0.2) is 5.69 Å². The minimum Gasteiger partial charge on any atom is -0.497 e. The highest BCUT2D eigenvalue weighted by Crippen LogP contribution is 2.29. The smallest absolute Gasteiger partial charge is 0.277 e. The maximum Gasteiger partial charge on any atom is 0.277 e. The van der Waals surface area contributed by atoms with Crippen LogP contribution in [0.25, 0.3) is 5.69 Å². The third-order valence-corrected chi connectivity index (χ3v) is 3.68. The van der Waals surface area contributed by atoms with E-state index in [2.05, 4.69) is 15.6 Å². The summed E-state index contributed by atoms with van der Waals surface area (Å²) in [4.78, 5) is 12.4. The molecule has 3 aromatic rings. The number of aryl methyl sites for hydroxylation is 1. The predicted octanol–water partition coefficient (Wildman–Crippen LogP) is 2.85. The maximum absolute atomic E-state index is 12.4. The van der Waals surface area contributed by atoms with Gasteiger partial charge in [-0.1, -0.05) is 22.9 Å². The number of rotatable bonds is 5. The summed E-state index contributed by atoms with van der Waals surface area (Å²) in [6.07, 6.45) is 1.58. The van der Waals surface area contributed by atoms with E-state index in [4.69, 9.17) is 9.47 Å². The van der Waals surface area contributed by atoms with Gasteiger partial charge in [-0.15, -0.1) is 5.10 Å². The molecule has 3 rings (SSSR count). The number of anilines is 1. The van der Waals surface area contributed by atoms with Gasteiger partial charge in [-0.05, 0) is 31.2 Å². The quantitative estimate of drug-likeness (QED) is 0.774. The number of nitrogens with zero attached hydrogens (tertiary/aromatic N) is 3. The van der Waals surface area contributed by atoms with Crippen LogP contribution in [0, 0.1) is 6.92 Å². The van der Waals surface area contributed by atoms with Crippen LogP contribution in [-0.2, 0) is 0 Å². The lowest BCUT2D eigenvalue weighted by Crippen LogP contribution is -2.13. The Balaban J connectivity index is 1.79. The van der Waals surface area contributed by atoms with Gasteiger partial charge in [0.1, 0.15) is 11.5 Å². The Morgan fingerprint density at radius 2 is 1.84 bits per heavy atom. The first-order valence-corrected chi connectivity index (χ1v) is 7.63. The first kappa shape index (κ1) is 16.5. The Hall–Kier alpha value is -3.35. The van der Waals surface area contributed by atoms with Crippen molar-refractivity contribution in [3.05, 3.63) is 59.9 Å². The molecule has 1 heterocycles. The van der Waals surface area contributed by atoms with E-state index in [0.29, 0.717) is 17.2 Å². The summed E-state index contributed by atoms with van der Waals surface area (Å²) in [5.74, 6) is 0.764. The maximum atomic E-state index is 12.4. The normalized spacial score (nSPS) is 10.4. The van der Waals surface area contributed by atoms with Crippen LogP contribution < -0.4 is 14.8 Å². The van der Waals surface area contributed by atoms with Gasteiger partial charge in [0.25, 0.3) is 5.91 Å². The van der Waals surface area contributed by atoms with E-state index < -0.39 is 0 Å². The fourth-order valence-corrected chi connectivity index (χ4v) is 2.28. The number of hydrogen-bond acceptors (Lipinski definition) is 5. The van der Waals surface area contributed by atoms with Gasteiger partial charge in [-0.25, -0.2) is 4.68 Å². The third kappa shape index (κ3) is 3.60. The number of aromatic nitrogens is 3. The molecule has 0 saturated carbocycles. The largest absolute Gasteiger partial charge is 0.497 e. The monoisotopic (exact) mass is 338 g/mol. The van der Waals surface area contributed by atoms with Crippen LogP contribution in [0.4, 0.5) is 5.69 Å². The van der Waals surface area contributed by atoms with Crippen LogP contribution in [0.1, 0.15) is 16.1 Å². The van der Waals surface area contributed by atoms with Gasteiger partial charge in [0.2, 0.25) is 0 Å². The number of hydrogen-bond donors (Lipinski definition) is 1. The fraction of sp³-hybridized carbons (Fsp3) is 0.167. The van der Waals surface area contributed by atoms with E-state index in [1.54, 1.807) is 36.2 Å². The molecule has 7 heteroatoms. The SMILES string of the molecule is COc1ccc(NC(=O)c2cn(-c3ccc(C)cc3)nn2)c(OC)c1. The van der Waals surface area contributed by atoms with E-state index in [0.717, 1.165) is 11.3 Å². The van der Waals surface area contributed by atoms with Crippen LogP contribution in [0.5, 0.6) is 11.5 Å². The molecule has 0 saturated heterocycles. The standard InChI is InChI=1S/C18H18N4O3/c1-12-4-6-13(7-5-12)22-11-16(20-21-22)18(23)19-15-9-8-14(24-2)10-17(15)25-3/h4-11H,1-3H3,(H,19,23). The first-order valence-electron chi connectivity index (χ1n) is 7.63. The molecule has 0 bridgehead atoms. The molecule has 0 unspecified atom stereocenters. The van der Waals surface area contributed by atoms with E-state index in [1.807, 2.05) is 31.2 Å². The van der Waals surface area contributed by atoms with E-state index >= 15 is 0 Å². The van der Waals surface area contributed by atoms with Gasteiger partial charge >= 0.3 is 0 Å². The molecule has 1 amide bonds. The summed E-state index contributed by atoms with van der Waals surface area (Å²) in [5.41, 5.74) is 2.71. The Kier molecular flexibility index (Phi) is 4.65. The Bertz CT molecular complexity index is 888. The lowest BCUT2D eigenvalue weighted by Gasteiger charge is -2.10. The van der Waals surface area contributed by atoms with Gasteiger partial charge in [-0.2, -0.15) is 0 Å². The molecule has 1 aromatic heterocycles.